The standard InChI is InChI=1S/C35H29N/c1-22-13-15-32-28(17-22)29-18-23(2)19-31-34(29)36(32)33-16-14-27(21-30(33)35(31,3)4)26-12-8-11-24-9-6-5-7-10-25(24)20-26/h5-21H,1-4H3. The Hall–Kier alpha value is -4.10. The molecular formula is C35H29N. The van der Waals surface area contributed by atoms with E-state index < -0.39 is 0 Å². The van der Waals surface area contributed by atoms with Crippen molar-refractivity contribution in [1.29, 1.82) is 0 Å². The molecule has 0 N–H and O–H groups in total. The minimum Gasteiger partial charge on any atom is -0.309 e. The highest BCUT2D eigenvalue weighted by atomic mass is 15.0. The van der Waals surface area contributed by atoms with Gasteiger partial charge in [-0.1, -0.05) is 91.8 Å². The van der Waals surface area contributed by atoms with E-state index in [9.17, 15) is 0 Å². The fourth-order valence-corrected chi connectivity index (χ4v) is 6.20. The van der Waals surface area contributed by atoms with Gasteiger partial charge in [0.1, 0.15) is 0 Å². The van der Waals surface area contributed by atoms with E-state index in [0.29, 0.717) is 0 Å². The maximum atomic E-state index is 2.50. The lowest BCUT2D eigenvalue weighted by molar-refractivity contribution is 0.629. The second-order valence-corrected chi connectivity index (χ2v) is 10.9. The molecule has 3 aromatic carbocycles. The van der Waals surface area contributed by atoms with Crippen LogP contribution < -0.4 is 0 Å². The quantitative estimate of drug-likeness (QED) is 0.265. The van der Waals surface area contributed by atoms with Crippen LogP contribution in [-0.4, -0.2) is 4.57 Å². The molecule has 3 aliphatic rings. The molecule has 1 nitrogen and oxygen atoms in total. The zero-order valence-corrected chi connectivity index (χ0v) is 21.3. The van der Waals surface area contributed by atoms with Crippen LogP contribution in [0, 0.1) is 13.8 Å². The molecule has 0 spiro atoms. The minimum atomic E-state index is -0.111. The fraction of sp³-hybridized carbons (Fsp3) is 0.143. The Morgan fingerprint density at radius 1 is 0.639 bits per heavy atom. The van der Waals surface area contributed by atoms with E-state index in [0.717, 1.165) is 0 Å². The first-order valence-electron chi connectivity index (χ1n) is 12.8. The number of aryl methyl sites for hydroxylation is 2. The molecule has 7 rings (SSSR count). The second-order valence-electron chi connectivity index (χ2n) is 10.9. The van der Waals surface area contributed by atoms with Gasteiger partial charge in [0.15, 0.2) is 0 Å². The van der Waals surface area contributed by atoms with Crippen LogP contribution in [0.25, 0.3) is 33.1 Å². The van der Waals surface area contributed by atoms with E-state index in [1.807, 2.05) is 0 Å². The summed E-state index contributed by atoms with van der Waals surface area (Å²) < 4.78 is 2.50. The van der Waals surface area contributed by atoms with Crippen LogP contribution in [0.4, 0.5) is 0 Å². The Morgan fingerprint density at radius 2 is 1.44 bits per heavy atom. The molecule has 0 atom stereocenters. The molecule has 4 aromatic rings. The van der Waals surface area contributed by atoms with Crippen molar-refractivity contribution < 1.29 is 0 Å². The van der Waals surface area contributed by atoms with Gasteiger partial charge >= 0.3 is 0 Å². The summed E-state index contributed by atoms with van der Waals surface area (Å²) in [7, 11) is 0. The zero-order chi connectivity index (χ0) is 24.6. The Morgan fingerprint density at radius 3 is 2.33 bits per heavy atom. The predicted octanol–water partition coefficient (Wildman–Crippen LogP) is 8.97. The smallest absolute Gasteiger partial charge is 0.0582 e. The van der Waals surface area contributed by atoms with Crippen molar-refractivity contribution in [3.63, 3.8) is 0 Å². The molecule has 174 valence electrons. The average Bonchev–Trinajstić information content (AvgIpc) is 3.00. The Bertz CT molecular complexity index is 1800. The summed E-state index contributed by atoms with van der Waals surface area (Å²) in [5.74, 6) is 0. The molecule has 36 heavy (non-hydrogen) atoms. The highest BCUT2D eigenvalue weighted by Crippen LogP contribution is 2.48. The van der Waals surface area contributed by atoms with Crippen molar-refractivity contribution in [2.75, 3.05) is 0 Å². The van der Waals surface area contributed by atoms with Crippen LogP contribution in [0.5, 0.6) is 0 Å². The maximum absolute atomic E-state index is 2.50. The van der Waals surface area contributed by atoms with E-state index >= 15 is 0 Å². The molecule has 1 aliphatic heterocycles. The lowest BCUT2D eigenvalue weighted by Gasteiger charge is -2.35. The maximum Gasteiger partial charge on any atom is 0.0582 e. The van der Waals surface area contributed by atoms with Crippen molar-refractivity contribution >= 4 is 27.4 Å². The molecule has 0 bridgehead atoms. The summed E-state index contributed by atoms with van der Waals surface area (Å²) in [6, 6.07) is 18.7. The van der Waals surface area contributed by atoms with E-state index in [2.05, 4.69) is 135 Å². The van der Waals surface area contributed by atoms with Crippen LogP contribution in [0.2, 0.25) is 0 Å². The summed E-state index contributed by atoms with van der Waals surface area (Å²) in [5.41, 5.74) is 14.2. The molecule has 1 heteroatoms. The summed E-state index contributed by atoms with van der Waals surface area (Å²) in [5, 5.41) is 2.71. The van der Waals surface area contributed by atoms with E-state index in [1.54, 1.807) is 0 Å². The van der Waals surface area contributed by atoms with Crippen LogP contribution in [0.15, 0.2) is 114 Å². The van der Waals surface area contributed by atoms with Gasteiger partial charge in [0.05, 0.1) is 16.7 Å². The molecule has 1 aromatic heterocycles. The molecule has 2 heterocycles. The van der Waals surface area contributed by atoms with Gasteiger partial charge in [0.25, 0.3) is 0 Å². The third-order valence-corrected chi connectivity index (χ3v) is 8.05. The number of hydrogen-bond donors (Lipinski definition) is 0. The van der Waals surface area contributed by atoms with Crippen molar-refractivity contribution in [3.05, 3.63) is 142 Å². The Kier molecular flexibility index (Phi) is 4.39. The zero-order valence-electron chi connectivity index (χ0n) is 21.3. The highest BCUT2D eigenvalue weighted by Gasteiger charge is 2.35. The van der Waals surface area contributed by atoms with Crippen molar-refractivity contribution in [1.82, 2.24) is 4.57 Å². The van der Waals surface area contributed by atoms with Gasteiger partial charge < -0.3 is 4.57 Å². The van der Waals surface area contributed by atoms with Crippen LogP contribution >= 0.6 is 0 Å². The van der Waals surface area contributed by atoms with Gasteiger partial charge in [-0.15, -0.1) is 0 Å². The minimum absolute atomic E-state index is 0.111. The number of hydrogen-bond acceptors (Lipinski definition) is 0. The van der Waals surface area contributed by atoms with Gasteiger partial charge in [-0.3, -0.25) is 0 Å². The lowest BCUT2D eigenvalue weighted by Crippen LogP contribution is -2.26. The lowest BCUT2D eigenvalue weighted by atomic mass is 9.73. The van der Waals surface area contributed by atoms with Gasteiger partial charge in [-0.05, 0) is 83.7 Å². The Labute approximate surface area is 212 Å². The number of nitrogens with zero attached hydrogens (tertiary/aromatic N) is 1. The first kappa shape index (κ1) is 21.2. The molecule has 0 unspecified atom stereocenters. The van der Waals surface area contributed by atoms with E-state index in [-0.39, 0.29) is 5.41 Å². The Balaban J connectivity index is 1.49. The SMILES string of the molecule is Cc1ccc2c(c1)c1cc(C)cc3c1n2-c1ccc(C2=CC=CC4=CC=CC=CC4=C2)cc1C3(C)C. The van der Waals surface area contributed by atoms with Crippen LogP contribution in [0.3, 0.4) is 0 Å². The fourth-order valence-electron chi connectivity index (χ4n) is 6.20. The van der Waals surface area contributed by atoms with Gasteiger partial charge in [0.2, 0.25) is 0 Å². The molecule has 0 amide bonds. The molecule has 0 radical (unpaired) electrons. The van der Waals surface area contributed by atoms with Crippen LogP contribution in [-0.2, 0) is 5.41 Å². The number of rotatable bonds is 1. The normalized spacial score (nSPS) is 17.3. The van der Waals surface area contributed by atoms with Crippen molar-refractivity contribution in [2.24, 2.45) is 0 Å². The number of benzene rings is 3. The number of aromatic nitrogens is 1. The molecule has 0 saturated carbocycles. The summed E-state index contributed by atoms with van der Waals surface area (Å²) in [6.45, 7) is 9.19. The van der Waals surface area contributed by atoms with E-state index in [4.69, 9.17) is 0 Å². The third kappa shape index (κ3) is 2.96. The first-order valence-corrected chi connectivity index (χ1v) is 12.8. The van der Waals surface area contributed by atoms with Crippen molar-refractivity contribution in [2.45, 2.75) is 33.1 Å². The summed E-state index contributed by atoms with van der Waals surface area (Å²) in [4.78, 5) is 0. The summed E-state index contributed by atoms with van der Waals surface area (Å²) >= 11 is 0. The predicted molar refractivity (Wildman–Crippen MR) is 154 cm³/mol. The molecule has 0 fully saturated rings. The topological polar surface area (TPSA) is 4.93 Å². The van der Waals surface area contributed by atoms with E-state index in [1.165, 1.54) is 72.0 Å². The van der Waals surface area contributed by atoms with Gasteiger partial charge in [-0.25, -0.2) is 0 Å². The van der Waals surface area contributed by atoms with Gasteiger partial charge in [-0.2, -0.15) is 0 Å². The average molecular weight is 464 g/mol. The first-order chi connectivity index (χ1) is 17.4. The third-order valence-electron chi connectivity index (χ3n) is 8.05. The van der Waals surface area contributed by atoms with Gasteiger partial charge in [0, 0.05) is 16.2 Å². The summed E-state index contributed by atoms with van der Waals surface area (Å²) in [6.07, 6.45) is 19.6. The van der Waals surface area contributed by atoms with Crippen molar-refractivity contribution in [3.8, 4) is 5.69 Å². The largest absolute Gasteiger partial charge is 0.309 e. The number of allylic oxidation sites excluding steroid dienone is 12. The highest BCUT2D eigenvalue weighted by molar-refractivity contribution is 6.12. The molecule has 2 aliphatic carbocycles. The van der Waals surface area contributed by atoms with Crippen LogP contribution in [0.1, 0.15) is 41.7 Å². The second kappa shape index (κ2) is 7.45. The molecule has 0 saturated heterocycles. The number of fused-ring (bicyclic) bond motifs is 6. The molecular weight excluding hydrogens is 434 g/mol. The monoisotopic (exact) mass is 463 g/mol.